The van der Waals surface area contributed by atoms with Gasteiger partial charge in [0.05, 0.1) is 18.9 Å². The monoisotopic (exact) mass is 391 g/mol. The number of hydrogen-bond donors (Lipinski definition) is 2. The van der Waals surface area contributed by atoms with Gasteiger partial charge in [-0.2, -0.15) is 4.98 Å². The second kappa shape index (κ2) is 10.0. The second-order valence-electron chi connectivity index (χ2n) is 6.48. The molecular formula is C19H25N3O4S. The molecule has 0 fully saturated rings. The first-order valence-electron chi connectivity index (χ1n) is 8.72. The third-order valence-corrected chi connectivity index (χ3v) is 4.71. The highest BCUT2D eigenvalue weighted by Crippen LogP contribution is 2.17. The maximum Gasteiger partial charge on any atom is 0.257 e. The van der Waals surface area contributed by atoms with Crippen LogP contribution in [-0.2, 0) is 17.8 Å². The average molecular weight is 391 g/mol. The Morgan fingerprint density at radius 1 is 1.33 bits per heavy atom. The van der Waals surface area contributed by atoms with Crippen LogP contribution in [0.2, 0.25) is 0 Å². The zero-order valence-corrected chi connectivity index (χ0v) is 16.6. The molecule has 2 rings (SSSR count). The highest BCUT2D eigenvalue weighted by Gasteiger charge is 2.12. The van der Waals surface area contributed by atoms with Crippen LogP contribution in [0.4, 0.5) is 0 Å². The zero-order valence-electron chi connectivity index (χ0n) is 15.8. The number of nitrogens with zero attached hydrogens (tertiary/aromatic N) is 2. The summed E-state index contributed by atoms with van der Waals surface area (Å²) < 4.78 is 6.60. The van der Waals surface area contributed by atoms with Crippen molar-refractivity contribution >= 4 is 17.7 Å². The van der Waals surface area contributed by atoms with Gasteiger partial charge in [0.2, 0.25) is 11.8 Å². The maximum absolute atomic E-state index is 12.1. The zero-order chi connectivity index (χ0) is 19.8. The number of aromatic nitrogens is 2. The molecule has 0 aliphatic heterocycles. The number of methoxy groups -OCH3 is 1. The van der Waals surface area contributed by atoms with E-state index < -0.39 is 0 Å². The molecule has 0 saturated carbocycles. The summed E-state index contributed by atoms with van der Waals surface area (Å²) in [7, 11) is 1.62. The molecule has 0 unspecified atom stereocenters. The number of benzene rings is 1. The van der Waals surface area contributed by atoms with Gasteiger partial charge in [0.15, 0.2) is 5.16 Å². The van der Waals surface area contributed by atoms with E-state index in [2.05, 4.69) is 10.3 Å². The van der Waals surface area contributed by atoms with Gasteiger partial charge in [-0.3, -0.25) is 14.2 Å². The summed E-state index contributed by atoms with van der Waals surface area (Å²) in [4.78, 5) is 28.1. The van der Waals surface area contributed by atoms with Crippen LogP contribution < -0.4 is 15.6 Å². The Hall–Kier alpha value is -2.48. The van der Waals surface area contributed by atoms with Crippen molar-refractivity contribution in [3.8, 4) is 11.6 Å². The van der Waals surface area contributed by atoms with Crippen LogP contribution in [0.1, 0.15) is 19.4 Å². The molecular weight excluding hydrogens is 366 g/mol. The molecule has 2 aromatic rings. The Balaban J connectivity index is 1.86. The largest absolute Gasteiger partial charge is 0.497 e. The number of aromatic hydroxyl groups is 1. The predicted molar refractivity (Wildman–Crippen MR) is 105 cm³/mol. The summed E-state index contributed by atoms with van der Waals surface area (Å²) in [6.07, 6.45) is 0.711. The van der Waals surface area contributed by atoms with Gasteiger partial charge in [-0.25, -0.2) is 0 Å². The Morgan fingerprint density at radius 3 is 2.67 bits per heavy atom. The first kappa shape index (κ1) is 20.8. The summed E-state index contributed by atoms with van der Waals surface area (Å²) >= 11 is 1.14. The van der Waals surface area contributed by atoms with Crippen molar-refractivity contribution < 1.29 is 14.6 Å². The van der Waals surface area contributed by atoms with Gasteiger partial charge in [-0.15, -0.1) is 0 Å². The minimum Gasteiger partial charge on any atom is -0.497 e. The SMILES string of the molecule is COc1ccc(CCNC(=O)CSc2nc(O)cc(=O)n2CC(C)C)cc1. The molecule has 0 radical (unpaired) electrons. The molecule has 1 heterocycles. The van der Waals surface area contributed by atoms with Crippen molar-refractivity contribution in [1.82, 2.24) is 14.9 Å². The number of hydrogen-bond acceptors (Lipinski definition) is 6. The molecule has 146 valence electrons. The molecule has 0 saturated heterocycles. The van der Waals surface area contributed by atoms with E-state index in [1.165, 1.54) is 4.57 Å². The highest BCUT2D eigenvalue weighted by atomic mass is 32.2. The minimum atomic E-state index is -0.331. The van der Waals surface area contributed by atoms with Crippen LogP contribution >= 0.6 is 11.8 Å². The molecule has 1 amide bonds. The Bertz CT molecular complexity index is 819. The topological polar surface area (TPSA) is 93.5 Å². The van der Waals surface area contributed by atoms with E-state index in [-0.39, 0.29) is 29.0 Å². The van der Waals surface area contributed by atoms with E-state index in [0.717, 1.165) is 29.1 Å². The van der Waals surface area contributed by atoms with Crippen LogP contribution in [0.15, 0.2) is 40.3 Å². The molecule has 1 aromatic carbocycles. The van der Waals surface area contributed by atoms with Crippen LogP contribution in [0.5, 0.6) is 11.6 Å². The third kappa shape index (κ3) is 6.63. The first-order valence-corrected chi connectivity index (χ1v) is 9.71. The molecule has 8 heteroatoms. The van der Waals surface area contributed by atoms with E-state index >= 15 is 0 Å². The van der Waals surface area contributed by atoms with Gasteiger partial charge in [-0.1, -0.05) is 37.7 Å². The first-order chi connectivity index (χ1) is 12.9. The predicted octanol–water partition coefficient (Wildman–Crippen LogP) is 2.06. The van der Waals surface area contributed by atoms with Crippen molar-refractivity contribution in [2.24, 2.45) is 5.92 Å². The molecule has 0 atom stereocenters. The average Bonchev–Trinajstić information content (AvgIpc) is 2.62. The molecule has 0 bridgehead atoms. The summed E-state index contributed by atoms with van der Waals surface area (Å²) in [5, 5.41) is 12.8. The van der Waals surface area contributed by atoms with Crippen LogP contribution in [0.25, 0.3) is 0 Å². The van der Waals surface area contributed by atoms with Gasteiger partial charge in [-0.05, 0) is 30.0 Å². The fourth-order valence-corrected chi connectivity index (χ4v) is 3.28. The molecule has 2 N–H and O–H groups in total. The van der Waals surface area contributed by atoms with Gasteiger partial charge < -0.3 is 15.2 Å². The molecule has 0 spiro atoms. The lowest BCUT2D eigenvalue weighted by molar-refractivity contribution is -0.118. The second-order valence-corrected chi connectivity index (χ2v) is 7.42. The minimum absolute atomic E-state index is 0.122. The number of rotatable bonds is 9. The van der Waals surface area contributed by atoms with E-state index in [4.69, 9.17) is 4.74 Å². The van der Waals surface area contributed by atoms with Gasteiger partial charge in [0.25, 0.3) is 5.56 Å². The molecule has 0 aliphatic carbocycles. The molecule has 0 aliphatic rings. The number of thioether (sulfide) groups is 1. The van der Waals surface area contributed by atoms with Crippen molar-refractivity contribution in [2.75, 3.05) is 19.4 Å². The number of ether oxygens (including phenoxy) is 1. The number of amides is 1. The molecule has 27 heavy (non-hydrogen) atoms. The third-order valence-electron chi connectivity index (χ3n) is 3.73. The summed E-state index contributed by atoms with van der Waals surface area (Å²) in [6.45, 7) is 4.96. The van der Waals surface area contributed by atoms with Crippen molar-refractivity contribution in [3.05, 3.63) is 46.2 Å². The summed E-state index contributed by atoms with van der Waals surface area (Å²) in [5.41, 5.74) is 0.780. The summed E-state index contributed by atoms with van der Waals surface area (Å²) in [6, 6.07) is 8.77. The van der Waals surface area contributed by atoms with Crippen LogP contribution in [-0.4, -0.2) is 40.0 Å². The van der Waals surface area contributed by atoms with Crippen molar-refractivity contribution in [2.45, 2.75) is 32.0 Å². The highest BCUT2D eigenvalue weighted by molar-refractivity contribution is 7.99. The lowest BCUT2D eigenvalue weighted by atomic mass is 10.1. The van der Waals surface area contributed by atoms with Crippen molar-refractivity contribution in [1.29, 1.82) is 0 Å². The summed E-state index contributed by atoms with van der Waals surface area (Å²) in [5.74, 6) is 0.679. The van der Waals surface area contributed by atoms with E-state index in [1.807, 2.05) is 38.1 Å². The fourth-order valence-electron chi connectivity index (χ4n) is 2.44. The molecule has 1 aromatic heterocycles. The molecule has 7 nitrogen and oxygen atoms in total. The number of carbonyl (C=O) groups is 1. The Kier molecular flexibility index (Phi) is 7.72. The van der Waals surface area contributed by atoms with E-state index in [9.17, 15) is 14.7 Å². The van der Waals surface area contributed by atoms with Gasteiger partial charge in [0.1, 0.15) is 5.75 Å². The van der Waals surface area contributed by atoms with Crippen LogP contribution in [0.3, 0.4) is 0 Å². The lowest BCUT2D eigenvalue weighted by Crippen LogP contribution is -2.28. The van der Waals surface area contributed by atoms with E-state index in [1.54, 1.807) is 7.11 Å². The van der Waals surface area contributed by atoms with Gasteiger partial charge >= 0.3 is 0 Å². The van der Waals surface area contributed by atoms with E-state index in [0.29, 0.717) is 24.7 Å². The smallest absolute Gasteiger partial charge is 0.257 e. The Labute approximate surface area is 162 Å². The number of nitrogens with one attached hydrogen (secondary N) is 1. The Morgan fingerprint density at radius 2 is 2.04 bits per heavy atom. The maximum atomic E-state index is 12.1. The standard InChI is InChI=1S/C19H25N3O4S/c1-13(2)11-22-18(25)10-16(23)21-19(22)27-12-17(24)20-9-8-14-4-6-15(26-3)7-5-14/h4-7,10,13,23H,8-9,11-12H2,1-3H3,(H,20,24). The number of carbonyl (C=O) groups excluding carboxylic acids is 1. The quantitative estimate of drug-likeness (QED) is 0.502. The van der Waals surface area contributed by atoms with Gasteiger partial charge in [0, 0.05) is 13.1 Å². The van der Waals surface area contributed by atoms with Crippen LogP contribution in [0, 0.1) is 5.92 Å². The lowest BCUT2D eigenvalue weighted by Gasteiger charge is -2.13. The van der Waals surface area contributed by atoms with Crippen molar-refractivity contribution in [3.63, 3.8) is 0 Å². The normalized spacial score (nSPS) is 10.8. The fraction of sp³-hybridized carbons (Fsp3) is 0.421.